The highest BCUT2D eigenvalue weighted by molar-refractivity contribution is 6.07. The van der Waals surface area contributed by atoms with E-state index in [0.717, 1.165) is 32.2 Å². The predicted molar refractivity (Wildman–Crippen MR) is 80.8 cm³/mol. The van der Waals surface area contributed by atoms with Crippen molar-refractivity contribution in [3.05, 3.63) is 0 Å². The zero-order valence-electron chi connectivity index (χ0n) is 13.2. The minimum atomic E-state index is -0.590. The average Bonchev–Trinajstić information content (AvgIpc) is 3.25. The van der Waals surface area contributed by atoms with E-state index in [-0.39, 0.29) is 11.9 Å². The number of carbonyl (C=O) groups excluding carboxylic acids is 2. The van der Waals surface area contributed by atoms with Crippen LogP contribution in [0.1, 0.15) is 52.4 Å². The van der Waals surface area contributed by atoms with Crippen molar-refractivity contribution in [1.29, 1.82) is 0 Å². The molecule has 2 saturated carbocycles. The molecule has 0 aromatic heterocycles. The standard InChI is InChI=1S/C16H27N3O2/c1-11-5-7-16(8-6-11)14(20)19(15(21)18-16)10-12(2)9-17-13-3-4-13/h11-13,17H,3-10H2,1-2H3,(H,18,21). The highest BCUT2D eigenvalue weighted by Crippen LogP contribution is 2.36. The number of urea groups is 1. The molecule has 3 amide bonds. The first-order valence-corrected chi connectivity index (χ1v) is 8.38. The Labute approximate surface area is 126 Å². The largest absolute Gasteiger partial charge is 0.325 e. The van der Waals surface area contributed by atoms with Gasteiger partial charge in [0.25, 0.3) is 5.91 Å². The lowest BCUT2D eigenvalue weighted by atomic mass is 9.77. The highest BCUT2D eigenvalue weighted by Gasteiger charge is 2.52. The van der Waals surface area contributed by atoms with Gasteiger partial charge in [-0.3, -0.25) is 9.69 Å². The van der Waals surface area contributed by atoms with Crippen LogP contribution in [-0.2, 0) is 4.79 Å². The maximum atomic E-state index is 12.7. The van der Waals surface area contributed by atoms with Crippen LogP contribution in [0.25, 0.3) is 0 Å². The van der Waals surface area contributed by atoms with Crippen LogP contribution in [0.15, 0.2) is 0 Å². The first-order chi connectivity index (χ1) is 10.00. The summed E-state index contributed by atoms with van der Waals surface area (Å²) >= 11 is 0. The molecule has 21 heavy (non-hydrogen) atoms. The molecule has 3 rings (SSSR count). The molecule has 0 aromatic carbocycles. The molecule has 1 aliphatic heterocycles. The van der Waals surface area contributed by atoms with Gasteiger partial charge in [0.05, 0.1) is 0 Å². The topological polar surface area (TPSA) is 61.4 Å². The quantitative estimate of drug-likeness (QED) is 0.761. The SMILES string of the molecule is CC1CCC2(CC1)NC(=O)N(CC(C)CNC1CC1)C2=O. The van der Waals surface area contributed by atoms with Crippen LogP contribution in [-0.4, -0.2) is 41.5 Å². The van der Waals surface area contributed by atoms with Gasteiger partial charge in [-0.2, -0.15) is 0 Å². The lowest BCUT2D eigenvalue weighted by molar-refractivity contribution is -0.133. The lowest BCUT2D eigenvalue weighted by Gasteiger charge is -2.33. The third-order valence-corrected chi connectivity index (χ3v) is 5.20. The van der Waals surface area contributed by atoms with E-state index in [9.17, 15) is 9.59 Å². The fourth-order valence-corrected chi connectivity index (χ4v) is 3.47. The molecule has 1 unspecified atom stereocenters. The number of nitrogens with zero attached hydrogens (tertiary/aromatic N) is 1. The summed E-state index contributed by atoms with van der Waals surface area (Å²) in [5.74, 6) is 0.978. The first-order valence-electron chi connectivity index (χ1n) is 8.38. The number of amides is 3. The zero-order chi connectivity index (χ0) is 15.0. The van der Waals surface area contributed by atoms with E-state index < -0.39 is 5.54 Å². The van der Waals surface area contributed by atoms with Crippen LogP contribution >= 0.6 is 0 Å². The summed E-state index contributed by atoms with van der Waals surface area (Å²) < 4.78 is 0. The van der Waals surface area contributed by atoms with Crippen LogP contribution < -0.4 is 10.6 Å². The molecule has 0 bridgehead atoms. The molecule has 3 fully saturated rings. The minimum Gasteiger partial charge on any atom is -0.323 e. The van der Waals surface area contributed by atoms with Crippen LogP contribution in [0, 0.1) is 11.8 Å². The summed E-state index contributed by atoms with van der Waals surface area (Å²) in [5, 5.41) is 6.46. The number of carbonyl (C=O) groups is 2. The van der Waals surface area contributed by atoms with Crippen LogP contribution in [0.5, 0.6) is 0 Å². The second-order valence-corrected chi connectivity index (χ2v) is 7.40. The predicted octanol–water partition coefficient (Wildman–Crippen LogP) is 1.88. The molecule has 2 N–H and O–H groups in total. The summed E-state index contributed by atoms with van der Waals surface area (Å²) in [7, 11) is 0. The Kier molecular flexibility index (Phi) is 3.95. The monoisotopic (exact) mass is 293 g/mol. The Hall–Kier alpha value is -1.10. The Morgan fingerprint density at radius 2 is 1.95 bits per heavy atom. The number of imide groups is 1. The molecule has 2 aliphatic carbocycles. The molecular formula is C16H27N3O2. The normalized spacial score (nSPS) is 34.4. The molecule has 1 heterocycles. The third kappa shape index (κ3) is 3.07. The van der Waals surface area contributed by atoms with E-state index in [4.69, 9.17) is 0 Å². The molecule has 0 aromatic rings. The number of hydrogen-bond acceptors (Lipinski definition) is 3. The summed E-state index contributed by atoms with van der Waals surface area (Å²) in [6, 6.07) is 0.481. The number of rotatable bonds is 5. The van der Waals surface area contributed by atoms with Crippen molar-refractivity contribution in [3.63, 3.8) is 0 Å². The highest BCUT2D eigenvalue weighted by atomic mass is 16.2. The molecule has 5 nitrogen and oxygen atoms in total. The van der Waals surface area contributed by atoms with Gasteiger partial charge in [-0.25, -0.2) is 4.79 Å². The Bertz CT molecular complexity index is 425. The van der Waals surface area contributed by atoms with Crippen molar-refractivity contribution in [3.8, 4) is 0 Å². The van der Waals surface area contributed by atoms with Crippen molar-refractivity contribution in [2.24, 2.45) is 11.8 Å². The smallest absolute Gasteiger partial charge is 0.323 e. The average molecular weight is 293 g/mol. The summed E-state index contributed by atoms with van der Waals surface area (Å²) in [6.07, 6.45) is 6.17. The maximum absolute atomic E-state index is 12.7. The van der Waals surface area contributed by atoms with E-state index in [2.05, 4.69) is 24.5 Å². The molecular weight excluding hydrogens is 266 g/mol. The molecule has 3 aliphatic rings. The van der Waals surface area contributed by atoms with Gasteiger partial charge in [0.1, 0.15) is 5.54 Å². The van der Waals surface area contributed by atoms with Crippen molar-refractivity contribution in [2.45, 2.75) is 64.0 Å². The van der Waals surface area contributed by atoms with E-state index in [1.807, 2.05) is 0 Å². The van der Waals surface area contributed by atoms with Gasteiger partial charge < -0.3 is 10.6 Å². The van der Waals surface area contributed by atoms with Gasteiger partial charge in [0.15, 0.2) is 0 Å². The van der Waals surface area contributed by atoms with Crippen LogP contribution in [0.3, 0.4) is 0 Å². The molecule has 1 spiro atoms. The molecule has 5 heteroatoms. The maximum Gasteiger partial charge on any atom is 0.325 e. The van der Waals surface area contributed by atoms with E-state index in [0.29, 0.717) is 24.4 Å². The molecule has 1 atom stereocenters. The minimum absolute atomic E-state index is 0.0117. The summed E-state index contributed by atoms with van der Waals surface area (Å²) in [5.41, 5.74) is -0.590. The van der Waals surface area contributed by atoms with Gasteiger partial charge in [0.2, 0.25) is 0 Å². The third-order valence-electron chi connectivity index (χ3n) is 5.20. The Balaban J connectivity index is 1.57. The van der Waals surface area contributed by atoms with Crippen molar-refractivity contribution in [2.75, 3.05) is 13.1 Å². The second-order valence-electron chi connectivity index (χ2n) is 7.40. The van der Waals surface area contributed by atoms with Gasteiger partial charge in [-0.15, -0.1) is 0 Å². The molecule has 118 valence electrons. The van der Waals surface area contributed by atoms with Gasteiger partial charge in [0, 0.05) is 12.6 Å². The molecule has 0 radical (unpaired) electrons. The van der Waals surface area contributed by atoms with Crippen molar-refractivity contribution < 1.29 is 9.59 Å². The molecule has 1 saturated heterocycles. The van der Waals surface area contributed by atoms with Gasteiger partial charge in [-0.1, -0.05) is 13.8 Å². The van der Waals surface area contributed by atoms with Crippen molar-refractivity contribution >= 4 is 11.9 Å². The Morgan fingerprint density at radius 1 is 1.29 bits per heavy atom. The first kappa shape index (κ1) is 14.8. The van der Waals surface area contributed by atoms with Gasteiger partial charge >= 0.3 is 6.03 Å². The van der Waals surface area contributed by atoms with Crippen LogP contribution in [0.2, 0.25) is 0 Å². The fourth-order valence-electron chi connectivity index (χ4n) is 3.47. The second kappa shape index (κ2) is 5.59. The lowest BCUT2D eigenvalue weighted by Crippen LogP contribution is -2.49. The number of hydrogen-bond donors (Lipinski definition) is 2. The van der Waals surface area contributed by atoms with E-state index in [1.165, 1.54) is 17.7 Å². The zero-order valence-corrected chi connectivity index (χ0v) is 13.2. The number of nitrogens with one attached hydrogen (secondary N) is 2. The van der Waals surface area contributed by atoms with Crippen LogP contribution in [0.4, 0.5) is 4.79 Å². The summed E-state index contributed by atoms with van der Waals surface area (Å²) in [4.78, 5) is 26.4. The summed E-state index contributed by atoms with van der Waals surface area (Å²) in [6.45, 7) is 5.73. The fraction of sp³-hybridized carbons (Fsp3) is 0.875. The van der Waals surface area contributed by atoms with E-state index in [1.54, 1.807) is 0 Å². The Morgan fingerprint density at radius 3 is 2.57 bits per heavy atom. The van der Waals surface area contributed by atoms with Gasteiger partial charge in [-0.05, 0) is 56.9 Å². The van der Waals surface area contributed by atoms with Crippen molar-refractivity contribution in [1.82, 2.24) is 15.5 Å². The van der Waals surface area contributed by atoms with E-state index >= 15 is 0 Å².